The molecule has 0 saturated carbocycles. The van der Waals surface area contributed by atoms with Gasteiger partial charge in [-0.2, -0.15) is 0 Å². The van der Waals surface area contributed by atoms with E-state index >= 15 is 0 Å². The molecule has 2 atom stereocenters. The van der Waals surface area contributed by atoms with Crippen molar-refractivity contribution in [2.24, 2.45) is 0 Å². The standard InChI is InChI=1S/C29H34N2O9/c1-5-37-27(34)13-21-15-30(17(3)32)23-11-19(7-9-25(23)39-21)29(36)20-8-10-26-24(12-20)31(18(4)33)16-22(40-26)14-28(35)38-6-2/h7-12,21-22,29,36H,5-6,13-16H2,1-4H3. The third-order valence-electron chi connectivity index (χ3n) is 6.70. The monoisotopic (exact) mass is 554 g/mol. The molecule has 1 N–H and O–H groups in total. The Morgan fingerprint density at radius 3 is 1.55 bits per heavy atom. The average Bonchev–Trinajstić information content (AvgIpc) is 2.91. The van der Waals surface area contributed by atoms with Crippen LogP contribution in [0.2, 0.25) is 0 Å². The number of nitrogens with zero attached hydrogens (tertiary/aromatic N) is 2. The first kappa shape index (κ1) is 28.9. The number of carbonyl (C=O) groups is 4. The second-order valence-electron chi connectivity index (χ2n) is 9.61. The molecule has 0 saturated heterocycles. The van der Waals surface area contributed by atoms with Gasteiger partial charge in [0.2, 0.25) is 11.8 Å². The smallest absolute Gasteiger partial charge is 0.309 e. The fourth-order valence-electron chi connectivity index (χ4n) is 4.88. The number of ether oxygens (including phenoxy) is 4. The Hall–Kier alpha value is -4.12. The van der Waals surface area contributed by atoms with Crippen LogP contribution in [0.3, 0.4) is 0 Å². The topological polar surface area (TPSA) is 132 Å². The lowest BCUT2D eigenvalue weighted by Crippen LogP contribution is -2.43. The molecule has 2 aromatic carbocycles. The summed E-state index contributed by atoms with van der Waals surface area (Å²) >= 11 is 0. The summed E-state index contributed by atoms with van der Waals surface area (Å²) in [4.78, 5) is 51.9. The molecule has 40 heavy (non-hydrogen) atoms. The maximum Gasteiger partial charge on any atom is 0.309 e. The van der Waals surface area contributed by atoms with Gasteiger partial charge in [-0.25, -0.2) is 0 Å². The summed E-state index contributed by atoms with van der Waals surface area (Å²) in [7, 11) is 0. The van der Waals surface area contributed by atoms with Gasteiger partial charge in [-0.05, 0) is 49.2 Å². The number of rotatable bonds is 8. The number of aliphatic hydroxyl groups is 1. The van der Waals surface area contributed by atoms with E-state index in [2.05, 4.69) is 0 Å². The number of hydrogen-bond acceptors (Lipinski definition) is 9. The number of amides is 2. The Balaban J connectivity index is 1.58. The maximum absolute atomic E-state index is 12.5. The quantitative estimate of drug-likeness (QED) is 0.489. The highest BCUT2D eigenvalue weighted by atomic mass is 16.5. The van der Waals surface area contributed by atoms with E-state index in [1.807, 2.05) is 0 Å². The fraction of sp³-hybridized carbons (Fsp3) is 0.448. The zero-order chi connectivity index (χ0) is 29.0. The molecule has 4 rings (SSSR count). The molecule has 2 aliphatic heterocycles. The van der Waals surface area contributed by atoms with Crippen LogP contribution >= 0.6 is 0 Å². The molecular formula is C29H34N2O9. The Morgan fingerprint density at radius 1 is 0.800 bits per heavy atom. The van der Waals surface area contributed by atoms with E-state index < -0.39 is 30.3 Å². The number of aliphatic hydroxyl groups excluding tert-OH is 1. The molecule has 2 aromatic rings. The Bertz CT molecular complexity index is 1200. The normalized spacial score (nSPS) is 18.4. The van der Waals surface area contributed by atoms with Gasteiger partial charge in [0, 0.05) is 13.8 Å². The van der Waals surface area contributed by atoms with Crippen molar-refractivity contribution in [1.29, 1.82) is 0 Å². The van der Waals surface area contributed by atoms with E-state index in [-0.39, 0.29) is 51.0 Å². The zero-order valence-corrected chi connectivity index (χ0v) is 23.0. The van der Waals surface area contributed by atoms with Gasteiger partial charge in [-0.1, -0.05) is 12.1 Å². The fourth-order valence-corrected chi connectivity index (χ4v) is 4.88. The summed E-state index contributed by atoms with van der Waals surface area (Å²) in [6, 6.07) is 10.0. The van der Waals surface area contributed by atoms with Crippen molar-refractivity contribution in [3.63, 3.8) is 0 Å². The third kappa shape index (κ3) is 6.36. The number of benzene rings is 2. The Labute approximate surface area is 232 Å². The average molecular weight is 555 g/mol. The number of fused-ring (bicyclic) bond motifs is 2. The highest BCUT2D eigenvalue weighted by molar-refractivity contribution is 5.95. The number of esters is 2. The van der Waals surface area contributed by atoms with Crippen LogP contribution in [-0.4, -0.2) is 67.4 Å². The number of anilines is 2. The molecule has 0 spiro atoms. The molecule has 0 fully saturated rings. The van der Waals surface area contributed by atoms with Crippen LogP contribution in [0.5, 0.6) is 11.5 Å². The molecule has 0 aliphatic carbocycles. The first-order valence-corrected chi connectivity index (χ1v) is 13.3. The van der Waals surface area contributed by atoms with Crippen molar-refractivity contribution in [2.75, 3.05) is 36.1 Å². The highest BCUT2D eigenvalue weighted by Crippen LogP contribution is 2.40. The van der Waals surface area contributed by atoms with E-state index in [4.69, 9.17) is 18.9 Å². The largest absolute Gasteiger partial charge is 0.486 e. The molecule has 2 heterocycles. The van der Waals surface area contributed by atoms with Crippen LogP contribution in [0, 0.1) is 0 Å². The van der Waals surface area contributed by atoms with E-state index in [1.54, 1.807) is 50.2 Å². The van der Waals surface area contributed by atoms with E-state index in [9.17, 15) is 24.3 Å². The third-order valence-corrected chi connectivity index (χ3v) is 6.70. The molecule has 0 radical (unpaired) electrons. The van der Waals surface area contributed by atoms with Crippen molar-refractivity contribution in [3.05, 3.63) is 47.5 Å². The van der Waals surface area contributed by atoms with Crippen molar-refractivity contribution < 1.29 is 43.2 Å². The lowest BCUT2D eigenvalue weighted by atomic mass is 9.98. The van der Waals surface area contributed by atoms with Crippen LogP contribution < -0.4 is 19.3 Å². The van der Waals surface area contributed by atoms with Crippen LogP contribution in [0.4, 0.5) is 11.4 Å². The summed E-state index contributed by atoms with van der Waals surface area (Å²) in [6.07, 6.45) is -2.19. The van der Waals surface area contributed by atoms with Crippen molar-refractivity contribution in [1.82, 2.24) is 0 Å². The predicted molar refractivity (Wildman–Crippen MR) is 144 cm³/mol. The second-order valence-corrected chi connectivity index (χ2v) is 9.61. The number of carbonyl (C=O) groups excluding carboxylic acids is 4. The van der Waals surface area contributed by atoms with Gasteiger partial charge in [-0.15, -0.1) is 0 Å². The second kappa shape index (κ2) is 12.4. The molecule has 0 aromatic heterocycles. The van der Waals surface area contributed by atoms with Gasteiger partial charge in [0.1, 0.15) is 29.8 Å². The summed E-state index contributed by atoms with van der Waals surface area (Å²) in [5.74, 6) is -0.442. The van der Waals surface area contributed by atoms with Crippen molar-refractivity contribution >= 4 is 35.1 Å². The Morgan fingerprint density at radius 2 is 1.20 bits per heavy atom. The van der Waals surface area contributed by atoms with Gasteiger partial charge in [0.05, 0.1) is 50.5 Å². The summed E-state index contributed by atoms with van der Waals surface area (Å²) in [5.41, 5.74) is 1.97. The Kier molecular flexibility index (Phi) is 8.93. The predicted octanol–water partition coefficient (Wildman–Crippen LogP) is 2.90. The zero-order valence-electron chi connectivity index (χ0n) is 23.0. The van der Waals surface area contributed by atoms with E-state index in [0.29, 0.717) is 34.0 Å². The summed E-state index contributed by atoms with van der Waals surface area (Å²) < 4.78 is 22.0. The van der Waals surface area contributed by atoms with Gasteiger partial charge in [0.15, 0.2) is 0 Å². The number of hydrogen-bond donors (Lipinski definition) is 1. The van der Waals surface area contributed by atoms with E-state index in [0.717, 1.165) is 0 Å². The van der Waals surface area contributed by atoms with Crippen molar-refractivity contribution in [3.8, 4) is 11.5 Å². The van der Waals surface area contributed by atoms with Gasteiger partial charge in [0.25, 0.3) is 0 Å². The first-order chi connectivity index (χ1) is 19.1. The lowest BCUT2D eigenvalue weighted by molar-refractivity contribution is -0.146. The molecule has 214 valence electrons. The molecule has 2 amide bonds. The van der Waals surface area contributed by atoms with Crippen LogP contribution in [0.1, 0.15) is 57.8 Å². The van der Waals surface area contributed by atoms with Crippen LogP contribution in [0.25, 0.3) is 0 Å². The molecule has 11 nitrogen and oxygen atoms in total. The molecular weight excluding hydrogens is 520 g/mol. The molecule has 2 unspecified atom stereocenters. The van der Waals surface area contributed by atoms with Crippen molar-refractivity contribution in [2.45, 2.75) is 58.8 Å². The summed E-state index contributed by atoms with van der Waals surface area (Å²) in [5, 5.41) is 11.3. The van der Waals surface area contributed by atoms with Gasteiger partial charge in [-0.3, -0.25) is 19.2 Å². The molecule has 11 heteroatoms. The summed E-state index contributed by atoms with van der Waals surface area (Å²) in [6.45, 7) is 7.14. The maximum atomic E-state index is 12.5. The molecule has 2 aliphatic rings. The van der Waals surface area contributed by atoms with Gasteiger partial charge < -0.3 is 33.9 Å². The SMILES string of the molecule is CCOC(=O)CC1CN(C(C)=O)c2cc(C(O)c3ccc4c(c3)N(C(C)=O)CC(CC(=O)OCC)O4)ccc2O1. The molecule has 0 bridgehead atoms. The van der Waals surface area contributed by atoms with Gasteiger partial charge >= 0.3 is 11.9 Å². The minimum Gasteiger partial charge on any atom is -0.486 e. The minimum absolute atomic E-state index is 0.00588. The first-order valence-electron chi connectivity index (χ1n) is 13.3. The van der Waals surface area contributed by atoms with E-state index in [1.165, 1.54) is 23.6 Å². The van der Waals surface area contributed by atoms with Crippen LogP contribution in [0.15, 0.2) is 36.4 Å². The lowest BCUT2D eigenvalue weighted by Gasteiger charge is -2.35. The minimum atomic E-state index is -1.09. The highest BCUT2D eigenvalue weighted by Gasteiger charge is 2.33. The van der Waals surface area contributed by atoms with Crippen LogP contribution in [-0.2, 0) is 28.7 Å².